The molecule has 34 heavy (non-hydrogen) atoms. The highest BCUT2D eigenvalue weighted by atomic mass is 19.1. The van der Waals surface area contributed by atoms with Crippen molar-refractivity contribution in [3.8, 4) is 28.1 Å². The minimum absolute atomic E-state index is 0.0716. The zero-order chi connectivity index (χ0) is 24.5. The summed E-state index contributed by atoms with van der Waals surface area (Å²) in [7, 11) is 0. The summed E-state index contributed by atoms with van der Waals surface area (Å²) in [5, 5.41) is 13.6. The van der Waals surface area contributed by atoms with Crippen LogP contribution in [0.1, 0.15) is 27.7 Å². The predicted octanol–water partition coefficient (Wildman–Crippen LogP) is 4.53. The summed E-state index contributed by atoms with van der Waals surface area (Å²) in [6, 6.07) is 10.4. The Labute approximate surface area is 199 Å². The molecule has 2 heterocycles. The smallest absolute Gasteiger partial charge is 0.222 e. The average molecular weight is 464 g/mol. The Morgan fingerprint density at radius 2 is 1.74 bits per heavy atom. The molecule has 0 radical (unpaired) electrons. The number of anilines is 2. The number of benzene rings is 2. The molecule has 4 rings (SSSR count). The van der Waals surface area contributed by atoms with Gasteiger partial charge in [-0.15, -0.1) is 0 Å². The Kier molecular flexibility index (Phi) is 6.52. The average Bonchev–Trinajstić information content (AvgIpc) is 2.80. The lowest BCUT2D eigenvalue weighted by molar-refractivity contribution is -0.114. The van der Waals surface area contributed by atoms with Crippen LogP contribution < -0.4 is 10.2 Å². The molecule has 1 aromatic heterocycles. The Balaban J connectivity index is 1.62. The molecule has 0 bridgehead atoms. The molecule has 0 saturated carbocycles. The van der Waals surface area contributed by atoms with E-state index in [9.17, 15) is 14.3 Å². The van der Waals surface area contributed by atoms with E-state index in [-0.39, 0.29) is 28.6 Å². The van der Waals surface area contributed by atoms with Crippen molar-refractivity contribution in [3.05, 3.63) is 54.6 Å². The van der Waals surface area contributed by atoms with Crippen molar-refractivity contribution in [3.63, 3.8) is 0 Å². The second-order valence-electron chi connectivity index (χ2n) is 9.51. The van der Waals surface area contributed by atoms with Gasteiger partial charge in [0.15, 0.2) is 5.82 Å². The van der Waals surface area contributed by atoms with Crippen LogP contribution in [0.2, 0.25) is 0 Å². The summed E-state index contributed by atoms with van der Waals surface area (Å²) >= 11 is 0. The van der Waals surface area contributed by atoms with Crippen LogP contribution >= 0.6 is 0 Å². The summed E-state index contributed by atoms with van der Waals surface area (Å²) in [6.45, 7) is 11.8. The van der Waals surface area contributed by atoms with Crippen LogP contribution in [-0.4, -0.2) is 57.6 Å². The van der Waals surface area contributed by atoms with Gasteiger partial charge in [0.25, 0.3) is 0 Å². The summed E-state index contributed by atoms with van der Waals surface area (Å²) in [5.41, 5.74) is 2.83. The van der Waals surface area contributed by atoms with E-state index >= 15 is 0 Å². The number of piperazine rings is 1. The van der Waals surface area contributed by atoms with E-state index in [0.29, 0.717) is 11.3 Å². The molecule has 1 aliphatic rings. The number of hydrogen-bond acceptors (Lipinski definition) is 6. The molecule has 3 aromatic rings. The van der Waals surface area contributed by atoms with E-state index in [1.54, 1.807) is 0 Å². The second kappa shape index (κ2) is 9.38. The minimum Gasteiger partial charge on any atom is -0.507 e. The summed E-state index contributed by atoms with van der Waals surface area (Å²) in [5.74, 6) is -0.540. The fraction of sp³-hybridized carbons (Fsp3) is 0.346. The lowest BCUT2D eigenvalue weighted by Crippen LogP contribution is -2.53. The molecule has 1 fully saturated rings. The van der Waals surface area contributed by atoms with Crippen LogP contribution in [0, 0.1) is 5.82 Å². The molecule has 178 valence electrons. The lowest BCUT2D eigenvalue weighted by Gasteiger charge is -2.43. The number of hydrogen-bond donors (Lipinski definition) is 2. The fourth-order valence-corrected chi connectivity index (χ4v) is 4.23. The van der Waals surface area contributed by atoms with E-state index in [1.165, 1.54) is 31.5 Å². The molecule has 0 atom stereocenters. The van der Waals surface area contributed by atoms with Gasteiger partial charge >= 0.3 is 0 Å². The monoisotopic (exact) mass is 463 g/mol. The largest absolute Gasteiger partial charge is 0.507 e. The van der Waals surface area contributed by atoms with Crippen LogP contribution in [0.15, 0.2) is 48.8 Å². The molecule has 7 nitrogen and oxygen atoms in total. The fourth-order valence-electron chi connectivity index (χ4n) is 4.23. The number of phenolic OH excluding ortho intramolecular Hbond substituents is 1. The third-order valence-corrected chi connectivity index (χ3v) is 6.06. The summed E-state index contributed by atoms with van der Waals surface area (Å²) in [4.78, 5) is 24.3. The van der Waals surface area contributed by atoms with Gasteiger partial charge in [0.2, 0.25) is 5.91 Å². The van der Waals surface area contributed by atoms with Crippen molar-refractivity contribution in [1.29, 1.82) is 0 Å². The van der Waals surface area contributed by atoms with Crippen molar-refractivity contribution in [2.45, 2.75) is 33.2 Å². The first-order valence-electron chi connectivity index (χ1n) is 11.3. The van der Waals surface area contributed by atoms with Gasteiger partial charge in [-0.25, -0.2) is 9.37 Å². The number of carbonyl (C=O) groups excluding carboxylic acids is 1. The van der Waals surface area contributed by atoms with Gasteiger partial charge in [-0.2, -0.15) is 0 Å². The normalized spacial score (nSPS) is 14.8. The highest BCUT2D eigenvalue weighted by Gasteiger charge is 2.26. The topological polar surface area (TPSA) is 81.6 Å². The SMILES string of the molecule is CC(=O)Nc1cnc(-c2cc(F)cc(-c3cccc(N4CCN(C(C)(C)C)CC4)c3)c2O)cn1. The predicted molar refractivity (Wildman–Crippen MR) is 132 cm³/mol. The quantitative estimate of drug-likeness (QED) is 0.592. The van der Waals surface area contributed by atoms with Crippen LogP contribution in [0.3, 0.4) is 0 Å². The number of aromatic hydroxyl groups is 1. The second-order valence-corrected chi connectivity index (χ2v) is 9.51. The van der Waals surface area contributed by atoms with E-state index in [0.717, 1.165) is 37.4 Å². The molecular weight excluding hydrogens is 433 g/mol. The van der Waals surface area contributed by atoms with Crippen molar-refractivity contribution >= 4 is 17.4 Å². The van der Waals surface area contributed by atoms with Gasteiger partial charge < -0.3 is 15.3 Å². The van der Waals surface area contributed by atoms with Gasteiger partial charge in [0.05, 0.1) is 18.1 Å². The zero-order valence-electron chi connectivity index (χ0n) is 20.0. The maximum atomic E-state index is 14.6. The number of nitrogens with zero attached hydrogens (tertiary/aromatic N) is 4. The first-order valence-corrected chi connectivity index (χ1v) is 11.3. The minimum atomic E-state index is -0.486. The molecule has 1 amide bonds. The number of amides is 1. The van der Waals surface area contributed by atoms with Crippen molar-refractivity contribution in [2.24, 2.45) is 0 Å². The van der Waals surface area contributed by atoms with Crippen molar-refractivity contribution in [2.75, 3.05) is 36.4 Å². The lowest BCUT2D eigenvalue weighted by atomic mass is 9.98. The molecule has 2 aromatic carbocycles. The molecule has 8 heteroatoms. The number of halogens is 1. The standard InChI is InChI=1S/C26H30FN5O2/c1-17(33)30-24-16-28-23(15-29-24)22-14-19(27)13-21(25(22)34)18-6-5-7-20(12-18)31-8-10-32(11-9-31)26(2,3)4/h5-7,12-16,34H,8-11H2,1-4H3,(H,29,30,33). The van der Waals surface area contributed by atoms with Crippen LogP contribution in [-0.2, 0) is 4.79 Å². The maximum Gasteiger partial charge on any atom is 0.222 e. The van der Waals surface area contributed by atoms with Crippen LogP contribution in [0.5, 0.6) is 5.75 Å². The van der Waals surface area contributed by atoms with Gasteiger partial charge in [0.1, 0.15) is 11.6 Å². The molecule has 1 aliphatic heterocycles. The highest BCUT2D eigenvalue weighted by Crippen LogP contribution is 2.39. The Hall–Kier alpha value is -3.52. The maximum absolute atomic E-state index is 14.6. The number of carbonyl (C=O) groups is 1. The highest BCUT2D eigenvalue weighted by molar-refractivity contribution is 5.87. The Morgan fingerprint density at radius 1 is 1.03 bits per heavy atom. The Bertz CT molecular complexity index is 1180. The molecule has 2 N–H and O–H groups in total. The zero-order valence-corrected chi connectivity index (χ0v) is 20.0. The van der Waals surface area contributed by atoms with E-state index in [1.807, 2.05) is 24.3 Å². The molecular formula is C26H30FN5O2. The number of aromatic nitrogens is 2. The Morgan fingerprint density at radius 3 is 2.35 bits per heavy atom. The number of nitrogens with one attached hydrogen (secondary N) is 1. The molecule has 0 spiro atoms. The first kappa shape index (κ1) is 23.6. The first-order chi connectivity index (χ1) is 16.1. The number of phenols is 1. The van der Waals surface area contributed by atoms with Gasteiger partial charge in [-0.05, 0) is 50.6 Å². The third-order valence-electron chi connectivity index (χ3n) is 6.06. The van der Waals surface area contributed by atoms with Crippen LogP contribution in [0.25, 0.3) is 22.4 Å². The van der Waals surface area contributed by atoms with E-state index in [4.69, 9.17) is 0 Å². The number of rotatable bonds is 4. The van der Waals surface area contributed by atoms with E-state index in [2.05, 4.69) is 45.9 Å². The van der Waals surface area contributed by atoms with Crippen molar-refractivity contribution in [1.82, 2.24) is 14.9 Å². The van der Waals surface area contributed by atoms with Gasteiger partial charge in [0, 0.05) is 55.5 Å². The van der Waals surface area contributed by atoms with E-state index < -0.39 is 5.82 Å². The summed E-state index contributed by atoms with van der Waals surface area (Å²) in [6.07, 6.45) is 2.77. The third kappa shape index (κ3) is 5.17. The van der Waals surface area contributed by atoms with Gasteiger partial charge in [-0.3, -0.25) is 14.7 Å². The molecule has 1 saturated heterocycles. The molecule has 0 aliphatic carbocycles. The molecule has 0 unspecified atom stereocenters. The summed E-state index contributed by atoms with van der Waals surface area (Å²) < 4.78 is 14.6. The van der Waals surface area contributed by atoms with Crippen molar-refractivity contribution < 1.29 is 14.3 Å². The van der Waals surface area contributed by atoms with Gasteiger partial charge in [-0.1, -0.05) is 12.1 Å². The van der Waals surface area contributed by atoms with Crippen LogP contribution in [0.4, 0.5) is 15.9 Å².